The number of ether oxygens (including phenoxy) is 1. The van der Waals surface area contributed by atoms with Crippen molar-refractivity contribution in [3.8, 4) is 0 Å². The Balaban J connectivity index is 2.00. The van der Waals surface area contributed by atoms with Crippen LogP contribution in [0.15, 0.2) is 24.4 Å². The summed E-state index contributed by atoms with van der Waals surface area (Å²) in [7, 11) is 0. The zero-order valence-corrected chi connectivity index (χ0v) is 20.7. The number of nitrogens with two attached hydrogens (primary N) is 1. The topological polar surface area (TPSA) is 73.3 Å². The summed E-state index contributed by atoms with van der Waals surface area (Å²) in [5.41, 5.74) is 6.07. The molecule has 1 unspecified atom stereocenters. The maximum Gasteiger partial charge on any atom is 0.306 e. The summed E-state index contributed by atoms with van der Waals surface area (Å²) >= 11 is 0. The zero-order valence-electron chi connectivity index (χ0n) is 20.7. The molecule has 1 aromatic rings. The van der Waals surface area contributed by atoms with Gasteiger partial charge in [-0.3, -0.25) is 9.59 Å². The minimum atomic E-state index is -0.418. The normalized spacial score (nSPS) is 11.9. The predicted molar refractivity (Wildman–Crippen MR) is 130 cm³/mol. The highest BCUT2D eigenvalue weighted by Gasteiger charge is 2.22. The van der Waals surface area contributed by atoms with E-state index in [1.165, 1.54) is 83.5 Å². The molecule has 5 heteroatoms. The van der Waals surface area contributed by atoms with Gasteiger partial charge in [0.2, 0.25) is 12.2 Å². The molecular weight excluding hydrogens is 400 g/mol. The van der Waals surface area contributed by atoms with E-state index >= 15 is 0 Å². The standard InChI is InChI=1S/C27H46N2O3/c1-3-4-5-6-7-8-9-10-11-12-13-14-15-16-17-21-27(31)32-24(2)25-20-18-19-22-29(25)23-26(28)30/h18-20,22,24H,3-17,21,23H2,1-2H3,(H-,28,30)/p+1. The third-order valence-corrected chi connectivity index (χ3v) is 6.01. The Hall–Kier alpha value is -1.91. The van der Waals surface area contributed by atoms with Gasteiger partial charge in [0.05, 0.1) is 0 Å². The van der Waals surface area contributed by atoms with Gasteiger partial charge < -0.3 is 10.5 Å². The Kier molecular flexibility index (Phi) is 16.4. The van der Waals surface area contributed by atoms with E-state index in [1.54, 1.807) is 10.8 Å². The smallest absolute Gasteiger partial charge is 0.306 e. The molecule has 0 aromatic carbocycles. The van der Waals surface area contributed by atoms with Gasteiger partial charge in [0.1, 0.15) is 0 Å². The Morgan fingerprint density at radius 2 is 1.34 bits per heavy atom. The van der Waals surface area contributed by atoms with Crippen molar-refractivity contribution in [2.24, 2.45) is 5.73 Å². The van der Waals surface area contributed by atoms with E-state index in [2.05, 4.69) is 6.92 Å². The molecule has 0 radical (unpaired) electrons. The summed E-state index contributed by atoms with van der Waals surface area (Å²) in [6.45, 7) is 4.18. The molecule has 0 aliphatic carbocycles. The van der Waals surface area contributed by atoms with Gasteiger partial charge in [-0.05, 0) is 19.4 Å². The molecule has 0 spiro atoms. The molecule has 182 valence electrons. The van der Waals surface area contributed by atoms with Crippen LogP contribution in [0.4, 0.5) is 0 Å². The van der Waals surface area contributed by atoms with Crippen molar-refractivity contribution in [1.82, 2.24) is 0 Å². The van der Waals surface area contributed by atoms with E-state index in [0.29, 0.717) is 6.42 Å². The molecule has 0 aliphatic rings. The number of pyridine rings is 1. The number of unbranched alkanes of at least 4 members (excludes halogenated alkanes) is 14. The first-order valence-electron chi connectivity index (χ1n) is 13.0. The van der Waals surface area contributed by atoms with E-state index in [0.717, 1.165) is 18.5 Å². The predicted octanol–water partition coefficient (Wildman–Crippen LogP) is 6.33. The molecule has 0 saturated carbocycles. The van der Waals surface area contributed by atoms with Crippen LogP contribution >= 0.6 is 0 Å². The molecule has 0 aliphatic heterocycles. The van der Waals surface area contributed by atoms with Crippen LogP contribution in [-0.2, 0) is 20.9 Å². The second kappa shape index (κ2) is 18.6. The van der Waals surface area contributed by atoms with Gasteiger partial charge in [0, 0.05) is 18.6 Å². The molecule has 1 aromatic heterocycles. The number of hydrogen-bond acceptors (Lipinski definition) is 3. The number of carbonyl (C=O) groups is 2. The van der Waals surface area contributed by atoms with Crippen LogP contribution in [0.1, 0.15) is 128 Å². The van der Waals surface area contributed by atoms with Crippen LogP contribution in [0.3, 0.4) is 0 Å². The molecule has 1 amide bonds. The molecule has 1 atom stereocenters. The number of primary amides is 1. The lowest BCUT2D eigenvalue weighted by atomic mass is 10.0. The first-order chi connectivity index (χ1) is 15.5. The largest absolute Gasteiger partial charge is 0.451 e. The Labute approximate surface area is 196 Å². The average molecular weight is 448 g/mol. The Bertz CT molecular complexity index is 633. The van der Waals surface area contributed by atoms with Crippen LogP contribution in [-0.4, -0.2) is 11.9 Å². The second-order valence-corrected chi connectivity index (χ2v) is 9.05. The van der Waals surface area contributed by atoms with Crippen molar-refractivity contribution in [3.05, 3.63) is 30.1 Å². The molecule has 5 nitrogen and oxygen atoms in total. The number of nitrogens with zero attached hydrogens (tertiary/aromatic N) is 1. The monoisotopic (exact) mass is 447 g/mol. The number of amides is 1. The maximum absolute atomic E-state index is 12.2. The molecule has 0 saturated heterocycles. The van der Waals surface area contributed by atoms with Gasteiger partial charge >= 0.3 is 5.97 Å². The highest BCUT2D eigenvalue weighted by Crippen LogP contribution is 2.16. The third kappa shape index (κ3) is 14.2. The van der Waals surface area contributed by atoms with E-state index < -0.39 is 12.0 Å². The summed E-state index contributed by atoms with van der Waals surface area (Å²) in [6, 6.07) is 5.55. The van der Waals surface area contributed by atoms with Gasteiger partial charge in [-0.25, -0.2) is 0 Å². The van der Waals surface area contributed by atoms with E-state index in [-0.39, 0.29) is 12.5 Å². The van der Waals surface area contributed by atoms with Gasteiger partial charge in [-0.2, -0.15) is 4.57 Å². The number of aromatic nitrogens is 1. The van der Waals surface area contributed by atoms with Gasteiger partial charge in [0.25, 0.3) is 5.91 Å². The number of carbonyl (C=O) groups excluding carboxylic acids is 2. The van der Waals surface area contributed by atoms with Crippen LogP contribution in [0.25, 0.3) is 0 Å². The first-order valence-corrected chi connectivity index (χ1v) is 13.0. The second-order valence-electron chi connectivity index (χ2n) is 9.05. The molecule has 1 rings (SSSR count). The van der Waals surface area contributed by atoms with Crippen LogP contribution in [0, 0.1) is 0 Å². The lowest BCUT2D eigenvalue weighted by molar-refractivity contribution is -0.694. The third-order valence-electron chi connectivity index (χ3n) is 6.01. The summed E-state index contributed by atoms with van der Waals surface area (Å²) in [5, 5.41) is 0. The summed E-state index contributed by atoms with van der Waals surface area (Å²) in [5.74, 6) is -0.597. The quantitative estimate of drug-likeness (QED) is 0.144. The van der Waals surface area contributed by atoms with Crippen molar-refractivity contribution in [2.75, 3.05) is 0 Å². The minimum absolute atomic E-state index is 0.0805. The molecular formula is C27H47N2O3+. The fourth-order valence-electron chi connectivity index (χ4n) is 4.13. The van der Waals surface area contributed by atoms with Crippen molar-refractivity contribution in [3.63, 3.8) is 0 Å². The molecule has 2 N–H and O–H groups in total. The number of hydrogen-bond donors (Lipinski definition) is 1. The van der Waals surface area contributed by atoms with Crippen molar-refractivity contribution < 1.29 is 18.9 Å². The minimum Gasteiger partial charge on any atom is -0.451 e. The van der Waals surface area contributed by atoms with E-state index in [9.17, 15) is 9.59 Å². The van der Waals surface area contributed by atoms with Crippen molar-refractivity contribution >= 4 is 11.9 Å². The summed E-state index contributed by atoms with van der Waals surface area (Å²) in [4.78, 5) is 23.4. The highest BCUT2D eigenvalue weighted by molar-refractivity contribution is 5.72. The van der Waals surface area contributed by atoms with E-state index in [4.69, 9.17) is 10.5 Å². The van der Waals surface area contributed by atoms with Crippen LogP contribution in [0.5, 0.6) is 0 Å². The Morgan fingerprint density at radius 3 is 1.84 bits per heavy atom. The molecule has 0 fully saturated rings. The van der Waals surface area contributed by atoms with Crippen LogP contribution < -0.4 is 10.3 Å². The number of rotatable bonds is 20. The lowest BCUT2D eigenvalue weighted by Crippen LogP contribution is -2.44. The van der Waals surface area contributed by atoms with Gasteiger partial charge in [-0.1, -0.05) is 96.8 Å². The fourth-order valence-corrected chi connectivity index (χ4v) is 4.13. The Morgan fingerprint density at radius 1 is 0.844 bits per heavy atom. The highest BCUT2D eigenvalue weighted by atomic mass is 16.5. The fraction of sp³-hybridized carbons (Fsp3) is 0.741. The zero-order chi connectivity index (χ0) is 23.4. The van der Waals surface area contributed by atoms with Crippen molar-refractivity contribution in [1.29, 1.82) is 0 Å². The van der Waals surface area contributed by atoms with E-state index in [1.807, 2.05) is 25.1 Å². The SMILES string of the molecule is CCCCCCCCCCCCCCCCCC(=O)OC(C)c1cccc[n+]1CC(N)=O. The summed E-state index contributed by atoms with van der Waals surface area (Å²) in [6.07, 6.45) is 21.4. The lowest BCUT2D eigenvalue weighted by Gasteiger charge is -2.12. The first kappa shape index (κ1) is 28.1. The van der Waals surface area contributed by atoms with Gasteiger partial charge in [0.15, 0.2) is 12.3 Å². The maximum atomic E-state index is 12.2. The van der Waals surface area contributed by atoms with Crippen LogP contribution in [0.2, 0.25) is 0 Å². The molecule has 1 heterocycles. The number of esters is 1. The average Bonchev–Trinajstić information content (AvgIpc) is 2.76. The molecule has 32 heavy (non-hydrogen) atoms. The summed E-state index contributed by atoms with van der Waals surface area (Å²) < 4.78 is 7.30. The van der Waals surface area contributed by atoms with Gasteiger partial charge in [-0.15, -0.1) is 0 Å². The molecule has 0 bridgehead atoms. The van der Waals surface area contributed by atoms with Crippen molar-refractivity contribution in [2.45, 2.75) is 129 Å².